The fourth-order valence-electron chi connectivity index (χ4n) is 2.14. The fraction of sp³-hybridized carbons (Fsp3) is 0.375. The summed E-state index contributed by atoms with van der Waals surface area (Å²) >= 11 is 0. The summed E-state index contributed by atoms with van der Waals surface area (Å²) < 4.78 is 5.54. The third-order valence-corrected chi connectivity index (χ3v) is 3.41. The van der Waals surface area contributed by atoms with Crippen LogP contribution in [0.25, 0.3) is 11.3 Å². The minimum absolute atomic E-state index is 0.703. The third kappa shape index (κ3) is 2.74. The molecule has 0 saturated carbocycles. The monoisotopic (exact) mass is 271 g/mol. The van der Waals surface area contributed by atoms with E-state index in [4.69, 9.17) is 4.74 Å². The predicted octanol–water partition coefficient (Wildman–Crippen LogP) is 3.59. The number of ether oxygens (including phenoxy) is 1. The molecule has 0 atom stereocenters. The third-order valence-electron chi connectivity index (χ3n) is 3.41. The van der Waals surface area contributed by atoms with Crippen LogP contribution >= 0.6 is 0 Å². The molecule has 0 saturated heterocycles. The summed E-state index contributed by atoms with van der Waals surface area (Å²) in [5, 5.41) is 3.28. The Kier molecular flexibility index (Phi) is 4.56. The Morgan fingerprint density at radius 2 is 2.00 bits per heavy atom. The average Bonchev–Trinajstić information content (AvgIpc) is 2.47. The van der Waals surface area contributed by atoms with E-state index in [9.17, 15) is 0 Å². The Balaban J connectivity index is 2.53. The number of benzene rings is 1. The minimum atomic E-state index is 0.703. The highest BCUT2D eigenvalue weighted by atomic mass is 16.5. The summed E-state index contributed by atoms with van der Waals surface area (Å²) in [5.74, 6) is 1.45. The van der Waals surface area contributed by atoms with Gasteiger partial charge >= 0.3 is 0 Å². The molecule has 0 spiro atoms. The Hall–Kier alpha value is -2.10. The van der Waals surface area contributed by atoms with Gasteiger partial charge in [0.05, 0.1) is 7.11 Å². The first kappa shape index (κ1) is 14.3. The van der Waals surface area contributed by atoms with Gasteiger partial charge in [-0.25, -0.2) is 9.97 Å². The van der Waals surface area contributed by atoms with Crippen molar-refractivity contribution >= 4 is 5.82 Å². The Labute approximate surface area is 120 Å². The summed E-state index contributed by atoms with van der Waals surface area (Å²) in [4.78, 5) is 8.69. The molecule has 20 heavy (non-hydrogen) atoms. The highest BCUT2D eigenvalue weighted by molar-refractivity contribution is 5.75. The van der Waals surface area contributed by atoms with Crippen molar-refractivity contribution in [3.8, 4) is 17.0 Å². The van der Waals surface area contributed by atoms with Gasteiger partial charge in [-0.15, -0.1) is 0 Å². The number of hydrogen-bond acceptors (Lipinski definition) is 4. The maximum absolute atomic E-state index is 5.54. The van der Waals surface area contributed by atoms with Crippen LogP contribution in [0.5, 0.6) is 5.75 Å². The predicted molar refractivity (Wildman–Crippen MR) is 82.3 cm³/mol. The lowest BCUT2D eigenvalue weighted by Crippen LogP contribution is -2.06. The molecule has 1 aromatic carbocycles. The zero-order valence-corrected chi connectivity index (χ0v) is 12.5. The average molecular weight is 271 g/mol. The van der Waals surface area contributed by atoms with Crippen molar-refractivity contribution in [2.45, 2.75) is 27.2 Å². The van der Waals surface area contributed by atoms with Gasteiger partial charge in [-0.05, 0) is 31.4 Å². The first-order chi connectivity index (χ1) is 9.69. The van der Waals surface area contributed by atoms with Gasteiger partial charge in [0.2, 0.25) is 0 Å². The summed E-state index contributed by atoms with van der Waals surface area (Å²) in [7, 11) is 1.66. The molecule has 0 radical (unpaired) electrons. The van der Waals surface area contributed by atoms with Crippen LogP contribution in [0.3, 0.4) is 0 Å². The normalized spacial score (nSPS) is 10.4. The maximum Gasteiger partial charge on any atom is 0.187 e. The molecule has 0 aliphatic rings. The molecule has 2 rings (SSSR count). The second-order valence-electron chi connectivity index (χ2n) is 4.78. The van der Waals surface area contributed by atoms with E-state index < -0.39 is 0 Å². The fourth-order valence-corrected chi connectivity index (χ4v) is 2.14. The van der Waals surface area contributed by atoms with E-state index in [0.29, 0.717) is 5.75 Å². The zero-order valence-electron chi connectivity index (χ0n) is 12.5. The standard InChI is InChI=1S/C16H21N3O/c1-5-9-17-16-15(20-4)14(18-10-19-16)13-8-6-7-11(2)12(13)3/h6-8,10H,5,9H2,1-4H3,(H,17,18,19). The van der Waals surface area contributed by atoms with Crippen LogP contribution < -0.4 is 10.1 Å². The van der Waals surface area contributed by atoms with Gasteiger partial charge in [0.15, 0.2) is 11.6 Å². The van der Waals surface area contributed by atoms with Gasteiger partial charge in [-0.1, -0.05) is 25.1 Å². The highest BCUT2D eigenvalue weighted by Gasteiger charge is 2.15. The number of nitrogens with one attached hydrogen (secondary N) is 1. The number of nitrogens with zero attached hydrogens (tertiary/aromatic N) is 2. The van der Waals surface area contributed by atoms with Crippen LogP contribution in [0.1, 0.15) is 24.5 Å². The van der Waals surface area contributed by atoms with Crippen molar-refractivity contribution in [1.82, 2.24) is 9.97 Å². The molecule has 0 bridgehead atoms. The van der Waals surface area contributed by atoms with Crippen molar-refractivity contribution in [3.05, 3.63) is 35.7 Å². The number of methoxy groups -OCH3 is 1. The lowest BCUT2D eigenvalue weighted by Gasteiger charge is -2.15. The number of rotatable bonds is 5. The van der Waals surface area contributed by atoms with Crippen LogP contribution in [0, 0.1) is 13.8 Å². The summed E-state index contributed by atoms with van der Waals surface area (Å²) in [5.41, 5.74) is 4.38. The number of anilines is 1. The van der Waals surface area contributed by atoms with E-state index in [0.717, 1.165) is 30.0 Å². The van der Waals surface area contributed by atoms with Gasteiger partial charge in [-0.2, -0.15) is 0 Å². The van der Waals surface area contributed by atoms with Gasteiger partial charge in [0, 0.05) is 12.1 Å². The van der Waals surface area contributed by atoms with Crippen LogP contribution in [0.2, 0.25) is 0 Å². The van der Waals surface area contributed by atoms with Crippen LogP contribution in [0.4, 0.5) is 5.82 Å². The second-order valence-corrected chi connectivity index (χ2v) is 4.78. The SMILES string of the molecule is CCCNc1ncnc(-c2cccc(C)c2C)c1OC. The molecule has 0 amide bonds. The lowest BCUT2D eigenvalue weighted by atomic mass is 10.0. The van der Waals surface area contributed by atoms with Crippen LogP contribution in [0.15, 0.2) is 24.5 Å². The van der Waals surface area contributed by atoms with E-state index in [1.165, 1.54) is 11.1 Å². The van der Waals surface area contributed by atoms with Crippen molar-refractivity contribution in [3.63, 3.8) is 0 Å². The van der Waals surface area contributed by atoms with Gasteiger partial charge < -0.3 is 10.1 Å². The summed E-state index contributed by atoms with van der Waals surface area (Å²) in [6, 6.07) is 6.21. The Bertz CT molecular complexity index is 596. The lowest BCUT2D eigenvalue weighted by molar-refractivity contribution is 0.414. The van der Waals surface area contributed by atoms with Crippen molar-refractivity contribution in [2.75, 3.05) is 19.0 Å². The topological polar surface area (TPSA) is 47.0 Å². The first-order valence-corrected chi connectivity index (χ1v) is 6.88. The van der Waals surface area contributed by atoms with E-state index in [1.807, 2.05) is 6.07 Å². The zero-order chi connectivity index (χ0) is 14.5. The van der Waals surface area contributed by atoms with E-state index in [-0.39, 0.29) is 0 Å². The minimum Gasteiger partial charge on any atom is -0.491 e. The summed E-state index contributed by atoms with van der Waals surface area (Å²) in [6.45, 7) is 7.18. The molecular weight excluding hydrogens is 250 g/mol. The van der Waals surface area contributed by atoms with Crippen molar-refractivity contribution in [2.24, 2.45) is 0 Å². The molecule has 4 nitrogen and oxygen atoms in total. The molecule has 0 unspecified atom stereocenters. The smallest absolute Gasteiger partial charge is 0.187 e. The molecule has 0 aliphatic carbocycles. The Morgan fingerprint density at radius 1 is 1.20 bits per heavy atom. The largest absolute Gasteiger partial charge is 0.491 e. The molecule has 0 aliphatic heterocycles. The molecule has 1 N–H and O–H groups in total. The van der Waals surface area contributed by atoms with Gasteiger partial charge in [0.1, 0.15) is 12.0 Å². The molecule has 1 heterocycles. The molecule has 1 aromatic heterocycles. The van der Waals surface area contributed by atoms with Crippen LogP contribution in [-0.4, -0.2) is 23.6 Å². The van der Waals surface area contributed by atoms with E-state index in [1.54, 1.807) is 13.4 Å². The molecule has 2 aromatic rings. The van der Waals surface area contributed by atoms with E-state index >= 15 is 0 Å². The van der Waals surface area contributed by atoms with Crippen molar-refractivity contribution in [1.29, 1.82) is 0 Å². The molecule has 0 fully saturated rings. The van der Waals surface area contributed by atoms with Gasteiger partial charge in [0.25, 0.3) is 0 Å². The summed E-state index contributed by atoms with van der Waals surface area (Å²) in [6.07, 6.45) is 2.61. The van der Waals surface area contributed by atoms with E-state index in [2.05, 4.69) is 48.2 Å². The first-order valence-electron chi connectivity index (χ1n) is 6.88. The molecule has 4 heteroatoms. The van der Waals surface area contributed by atoms with Gasteiger partial charge in [-0.3, -0.25) is 0 Å². The number of aromatic nitrogens is 2. The highest BCUT2D eigenvalue weighted by Crippen LogP contribution is 2.35. The maximum atomic E-state index is 5.54. The molecular formula is C16H21N3O. The van der Waals surface area contributed by atoms with Crippen molar-refractivity contribution < 1.29 is 4.74 Å². The van der Waals surface area contributed by atoms with Crippen LogP contribution in [-0.2, 0) is 0 Å². The second kappa shape index (κ2) is 6.37. The number of hydrogen-bond donors (Lipinski definition) is 1. The number of aryl methyl sites for hydroxylation is 1. The Morgan fingerprint density at radius 3 is 2.70 bits per heavy atom. The molecule has 106 valence electrons. The quantitative estimate of drug-likeness (QED) is 0.902.